The maximum absolute atomic E-state index is 5.64. The summed E-state index contributed by atoms with van der Waals surface area (Å²) in [5.74, 6) is 1.12. The van der Waals surface area contributed by atoms with E-state index in [1.165, 1.54) is 0 Å². The largest absolute Gasteiger partial charge is 0.382 e. The van der Waals surface area contributed by atoms with Crippen molar-refractivity contribution in [1.82, 2.24) is 15.0 Å². The molecule has 0 radical (unpaired) electrons. The topological polar surface area (TPSA) is 64.7 Å². The highest BCUT2D eigenvalue weighted by molar-refractivity contribution is 5.83. The molecule has 0 saturated carbocycles. The van der Waals surface area contributed by atoms with E-state index in [0.29, 0.717) is 17.2 Å². The molecule has 12 heavy (non-hydrogen) atoms. The number of fused-ring (bicyclic) bond motifs is 1. The Bertz CT molecular complexity index is 429. The first-order chi connectivity index (χ1) is 5.77. The molecule has 0 fully saturated rings. The van der Waals surface area contributed by atoms with E-state index in [4.69, 9.17) is 5.73 Å². The second-order valence-electron chi connectivity index (χ2n) is 2.53. The zero-order chi connectivity index (χ0) is 8.55. The van der Waals surface area contributed by atoms with Crippen LogP contribution in [-0.4, -0.2) is 15.0 Å². The number of nitrogen functional groups attached to an aromatic ring is 1. The molecule has 0 bridgehead atoms. The third-order valence-electron chi connectivity index (χ3n) is 1.59. The lowest BCUT2D eigenvalue weighted by molar-refractivity contribution is 1.09. The number of aryl methyl sites for hydroxylation is 1. The summed E-state index contributed by atoms with van der Waals surface area (Å²) < 4.78 is 0. The van der Waals surface area contributed by atoms with Crippen LogP contribution in [0.15, 0.2) is 18.3 Å². The first-order valence-electron chi connectivity index (χ1n) is 3.62. The van der Waals surface area contributed by atoms with Gasteiger partial charge in [-0.05, 0) is 19.1 Å². The summed E-state index contributed by atoms with van der Waals surface area (Å²) in [6.07, 6.45) is 1.68. The molecule has 0 aliphatic rings. The summed E-state index contributed by atoms with van der Waals surface area (Å²) in [6.45, 7) is 1.81. The van der Waals surface area contributed by atoms with Gasteiger partial charge >= 0.3 is 0 Å². The third kappa shape index (κ3) is 0.972. The third-order valence-corrected chi connectivity index (χ3v) is 1.59. The van der Waals surface area contributed by atoms with Gasteiger partial charge in [-0.1, -0.05) is 0 Å². The van der Waals surface area contributed by atoms with Crippen molar-refractivity contribution < 1.29 is 1.43 Å². The van der Waals surface area contributed by atoms with E-state index in [-0.39, 0.29) is 1.43 Å². The van der Waals surface area contributed by atoms with Gasteiger partial charge in [-0.25, -0.2) is 9.97 Å². The molecule has 62 valence electrons. The van der Waals surface area contributed by atoms with Crippen LogP contribution in [0.5, 0.6) is 0 Å². The number of hydrogen-bond acceptors (Lipinski definition) is 4. The molecule has 0 amide bonds. The Kier molecular flexibility index (Phi) is 1.40. The molecular weight excluding hydrogens is 152 g/mol. The minimum absolute atomic E-state index is 0. The Labute approximate surface area is 71.0 Å². The summed E-state index contributed by atoms with van der Waals surface area (Å²) >= 11 is 0. The van der Waals surface area contributed by atoms with Crippen LogP contribution in [-0.2, 0) is 0 Å². The molecule has 2 N–H and O–H groups in total. The molecule has 0 saturated heterocycles. The molecule has 0 aromatic carbocycles. The highest BCUT2D eigenvalue weighted by atomic mass is 15.0. The fourth-order valence-corrected chi connectivity index (χ4v) is 1.11. The highest BCUT2D eigenvalue weighted by Crippen LogP contribution is 2.13. The number of nitrogens with zero attached hydrogens (tertiary/aromatic N) is 3. The fourth-order valence-electron chi connectivity index (χ4n) is 1.11. The van der Waals surface area contributed by atoms with E-state index in [9.17, 15) is 0 Å². The molecule has 2 heterocycles. The van der Waals surface area contributed by atoms with Crippen LogP contribution in [0.1, 0.15) is 7.25 Å². The van der Waals surface area contributed by atoms with Gasteiger partial charge in [0.1, 0.15) is 11.3 Å². The number of anilines is 1. The normalized spacial score (nSPS) is 10.4. The first kappa shape index (κ1) is 6.97. The van der Waals surface area contributed by atoms with E-state index >= 15 is 0 Å². The fraction of sp³-hybridized carbons (Fsp3) is 0.125. The summed E-state index contributed by atoms with van der Waals surface area (Å²) in [6, 6.07) is 3.70. The number of nitrogens with two attached hydrogens (primary N) is 1. The van der Waals surface area contributed by atoms with Crippen LogP contribution < -0.4 is 5.73 Å². The minimum Gasteiger partial charge on any atom is -0.382 e. The molecule has 2 aromatic heterocycles. The molecule has 0 aliphatic carbocycles. The van der Waals surface area contributed by atoms with Gasteiger partial charge in [0.25, 0.3) is 0 Å². The smallest absolute Gasteiger partial charge is 0.153 e. The maximum atomic E-state index is 5.64. The summed E-state index contributed by atoms with van der Waals surface area (Å²) in [5, 5.41) is 0. The van der Waals surface area contributed by atoms with E-state index in [0.717, 1.165) is 5.52 Å². The van der Waals surface area contributed by atoms with E-state index in [1.807, 2.05) is 19.1 Å². The Morgan fingerprint density at radius 1 is 1.42 bits per heavy atom. The van der Waals surface area contributed by atoms with Gasteiger partial charge in [-0.3, -0.25) is 4.98 Å². The SMILES string of the molecule is Cc1nc(N)c2ncccc2n1.[HH]. The Hall–Kier alpha value is -1.71. The lowest BCUT2D eigenvalue weighted by atomic mass is 10.3. The van der Waals surface area contributed by atoms with Gasteiger partial charge in [-0.2, -0.15) is 0 Å². The summed E-state index contributed by atoms with van der Waals surface area (Å²) in [7, 11) is 0. The molecule has 0 unspecified atom stereocenters. The van der Waals surface area contributed by atoms with Crippen molar-refractivity contribution in [2.45, 2.75) is 6.92 Å². The Balaban J connectivity index is 0.000000845. The zero-order valence-corrected chi connectivity index (χ0v) is 6.65. The second-order valence-corrected chi connectivity index (χ2v) is 2.53. The first-order valence-corrected chi connectivity index (χ1v) is 3.62. The van der Waals surface area contributed by atoms with E-state index in [1.54, 1.807) is 6.20 Å². The number of aromatic nitrogens is 3. The van der Waals surface area contributed by atoms with Crippen LogP contribution in [0.2, 0.25) is 0 Å². The van der Waals surface area contributed by atoms with Crippen molar-refractivity contribution in [2.75, 3.05) is 5.73 Å². The van der Waals surface area contributed by atoms with Crippen molar-refractivity contribution >= 4 is 16.9 Å². The van der Waals surface area contributed by atoms with Gasteiger partial charge in [0, 0.05) is 7.62 Å². The van der Waals surface area contributed by atoms with Crippen LogP contribution in [0.4, 0.5) is 5.82 Å². The second kappa shape index (κ2) is 2.41. The molecule has 2 rings (SSSR count). The van der Waals surface area contributed by atoms with Crippen molar-refractivity contribution in [3.8, 4) is 0 Å². The molecule has 2 aromatic rings. The van der Waals surface area contributed by atoms with Crippen molar-refractivity contribution in [3.63, 3.8) is 0 Å². The van der Waals surface area contributed by atoms with E-state index < -0.39 is 0 Å². The monoisotopic (exact) mass is 162 g/mol. The number of pyridine rings is 1. The molecule has 4 nitrogen and oxygen atoms in total. The van der Waals surface area contributed by atoms with Crippen molar-refractivity contribution in [2.24, 2.45) is 0 Å². The van der Waals surface area contributed by atoms with Crippen molar-refractivity contribution in [3.05, 3.63) is 24.2 Å². The Morgan fingerprint density at radius 2 is 2.25 bits per heavy atom. The van der Waals surface area contributed by atoms with E-state index in [2.05, 4.69) is 15.0 Å². The van der Waals surface area contributed by atoms with Gasteiger partial charge in [0.2, 0.25) is 0 Å². The number of rotatable bonds is 0. The lowest BCUT2D eigenvalue weighted by Gasteiger charge is -1.99. The maximum Gasteiger partial charge on any atom is 0.153 e. The molecular formula is C8H10N4. The summed E-state index contributed by atoms with van der Waals surface area (Å²) in [4.78, 5) is 12.3. The predicted octanol–water partition coefficient (Wildman–Crippen LogP) is 1.16. The van der Waals surface area contributed by atoms with Gasteiger partial charge < -0.3 is 5.73 Å². The molecule has 0 atom stereocenters. The minimum atomic E-state index is 0. The van der Waals surface area contributed by atoms with Gasteiger partial charge in [0.05, 0.1) is 5.52 Å². The lowest BCUT2D eigenvalue weighted by Crippen LogP contribution is -1.98. The van der Waals surface area contributed by atoms with Crippen molar-refractivity contribution in [1.29, 1.82) is 0 Å². The average Bonchev–Trinajstić information content (AvgIpc) is 2.04. The van der Waals surface area contributed by atoms with Crippen LogP contribution in [0.25, 0.3) is 11.0 Å². The Morgan fingerprint density at radius 3 is 3.08 bits per heavy atom. The molecule has 0 aliphatic heterocycles. The summed E-state index contributed by atoms with van der Waals surface area (Å²) in [5.41, 5.74) is 7.11. The number of hydrogen-bond donors (Lipinski definition) is 1. The van der Waals surface area contributed by atoms with Gasteiger partial charge in [0.15, 0.2) is 5.82 Å². The molecule has 0 spiro atoms. The standard InChI is InChI=1S/C8H8N4.H2/c1-5-11-6-3-2-4-10-7(6)8(9)12-5;/h2-4H,1H3,(H2,9,11,12);1H. The van der Waals surface area contributed by atoms with Crippen LogP contribution >= 0.6 is 0 Å². The zero-order valence-electron chi connectivity index (χ0n) is 6.65. The van der Waals surface area contributed by atoms with Gasteiger partial charge in [-0.15, -0.1) is 0 Å². The average molecular weight is 162 g/mol. The molecule has 4 heteroatoms. The van der Waals surface area contributed by atoms with Crippen LogP contribution in [0, 0.1) is 6.92 Å². The predicted molar refractivity (Wildman–Crippen MR) is 48.6 cm³/mol. The quantitative estimate of drug-likeness (QED) is 0.631. The van der Waals surface area contributed by atoms with Crippen LogP contribution in [0.3, 0.4) is 0 Å². The highest BCUT2D eigenvalue weighted by Gasteiger charge is 2.01.